The summed E-state index contributed by atoms with van der Waals surface area (Å²) in [6.45, 7) is 3.47. The van der Waals surface area contributed by atoms with Crippen LogP contribution in [-0.2, 0) is 4.79 Å². The van der Waals surface area contributed by atoms with E-state index in [4.69, 9.17) is 0 Å². The summed E-state index contributed by atoms with van der Waals surface area (Å²) in [5, 5.41) is 3.54. The molecule has 0 spiro atoms. The Labute approximate surface area is 134 Å². The molecule has 0 bridgehead atoms. The molecular weight excluding hydrogens is 294 g/mol. The largest absolute Gasteiger partial charge is 0.352 e. The number of Topliss-reactive ketones (excluding diaryl/α,β-unsaturated/α-hetero) is 2. The number of likely N-dealkylation sites (N-methyl/N-ethyl adjacent to an activating group) is 1. The Hall–Kier alpha value is -2.47. The maximum Gasteiger partial charge on any atom is 0.238 e. The van der Waals surface area contributed by atoms with Crippen LogP contribution in [0.15, 0.2) is 18.2 Å². The molecule has 1 amide bonds. The Balaban J connectivity index is 2.45. The van der Waals surface area contributed by atoms with E-state index >= 15 is 0 Å². The van der Waals surface area contributed by atoms with Gasteiger partial charge in [-0.1, -0.05) is 6.92 Å². The molecule has 0 aliphatic rings. The molecule has 0 saturated heterocycles. The Morgan fingerprint density at radius 3 is 2.43 bits per heavy atom. The topological polar surface area (TPSA) is 82.3 Å². The lowest BCUT2D eigenvalue weighted by Gasteiger charge is -2.12. The number of nitrogens with zero attached hydrogens (tertiary/aromatic N) is 1. The van der Waals surface area contributed by atoms with E-state index in [1.165, 1.54) is 6.92 Å². The first-order chi connectivity index (χ1) is 10.8. The lowest BCUT2D eigenvalue weighted by atomic mass is 10.1. The third-order valence-electron chi connectivity index (χ3n) is 3.49. The number of carbonyl (C=O) groups excluding carboxylic acids is 3. The molecule has 0 aliphatic carbocycles. The molecule has 0 aliphatic heterocycles. The van der Waals surface area contributed by atoms with Crippen molar-refractivity contribution < 1.29 is 14.4 Å². The molecule has 0 saturated carbocycles. The fraction of sp³-hybridized carbons (Fsp3) is 0.353. The van der Waals surface area contributed by atoms with Crippen molar-refractivity contribution in [2.24, 2.45) is 0 Å². The van der Waals surface area contributed by atoms with Gasteiger partial charge in [0.15, 0.2) is 11.6 Å². The highest BCUT2D eigenvalue weighted by molar-refractivity contribution is 6.09. The number of rotatable bonds is 6. The minimum atomic E-state index is -0.201. The number of hydrogen-bond acceptors (Lipinski definition) is 4. The summed E-state index contributed by atoms with van der Waals surface area (Å²) in [6.07, 6.45) is 0.402. The van der Waals surface area contributed by atoms with Crippen molar-refractivity contribution in [1.82, 2.24) is 9.88 Å². The quantitative estimate of drug-likeness (QED) is 0.802. The number of aromatic nitrogens is 1. The van der Waals surface area contributed by atoms with E-state index in [0.29, 0.717) is 28.9 Å². The van der Waals surface area contributed by atoms with E-state index in [1.54, 1.807) is 44.1 Å². The number of H-pyrrole nitrogens is 1. The summed E-state index contributed by atoms with van der Waals surface area (Å²) in [5.74, 6) is -0.339. The van der Waals surface area contributed by atoms with Crippen LogP contribution in [-0.4, -0.2) is 48.0 Å². The van der Waals surface area contributed by atoms with Gasteiger partial charge in [0, 0.05) is 22.9 Å². The first-order valence-electron chi connectivity index (χ1n) is 7.47. The third-order valence-corrected chi connectivity index (χ3v) is 3.49. The minimum Gasteiger partial charge on any atom is -0.352 e. The first kappa shape index (κ1) is 16.9. The van der Waals surface area contributed by atoms with Crippen LogP contribution in [0, 0.1) is 0 Å². The van der Waals surface area contributed by atoms with Gasteiger partial charge in [0.25, 0.3) is 0 Å². The van der Waals surface area contributed by atoms with Gasteiger partial charge < -0.3 is 15.2 Å². The second kappa shape index (κ2) is 6.75. The zero-order chi connectivity index (χ0) is 17.1. The molecule has 0 radical (unpaired) electrons. The van der Waals surface area contributed by atoms with E-state index in [2.05, 4.69) is 10.3 Å². The van der Waals surface area contributed by atoms with E-state index in [-0.39, 0.29) is 24.0 Å². The molecule has 2 N–H and O–H groups in total. The molecule has 0 fully saturated rings. The molecular formula is C17H21N3O3. The number of amides is 1. The van der Waals surface area contributed by atoms with Gasteiger partial charge in [-0.15, -0.1) is 0 Å². The predicted molar refractivity (Wildman–Crippen MR) is 90.1 cm³/mol. The van der Waals surface area contributed by atoms with E-state index in [0.717, 1.165) is 5.39 Å². The van der Waals surface area contributed by atoms with Crippen LogP contribution in [0.5, 0.6) is 0 Å². The van der Waals surface area contributed by atoms with Crippen LogP contribution in [0.4, 0.5) is 5.69 Å². The minimum absolute atomic E-state index is 0.00349. The van der Waals surface area contributed by atoms with Crippen molar-refractivity contribution in [1.29, 1.82) is 0 Å². The predicted octanol–water partition coefficient (Wildman–Crippen LogP) is 2.46. The van der Waals surface area contributed by atoms with Gasteiger partial charge >= 0.3 is 0 Å². The molecule has 1 heterocycles. The molecule has 2 aromatic rings. The molecule has 0 atom stereocenters. The van der Waals surface area contributed by atoms with Crippen molar-refractivity contribution in [2.75, 3.05) is 26.0 Å². The number of hydrogen-bond donors (Lipinski definition) is 2. The second-order valence-electron chi connectivity index (χ2n) is 5.79. The molecule has 1 aromatic carbocycles. The number of ketones is 2. The Morgan fingerprint density at radius 2 is 1.87 bits per heavy atom. The van der Waals surface area contributed by atoms with Crippen molar-refractivity contribution in [3.05, 3.63) is 29.5 Å². The zero-order valence-corrected chi connectivity index (χ0v) is 13.8. The Bertz CT molecular complexity index is 775. The van der Waals surface area contributed by atoms with Crippen LogP contribution in [0.2, 0.25) is 0 Å². The molecule has 1 aromatic heterocycles. The van der Waals surface area contributed by atoms with Crippen LogP contribution in [0.3, 0.4) is 0 Å². The Kier molecular flexibility index (Phi) is 4.95. The lowest BCUT2D eigenvalue weighted by molar-refractivity contribution is -0.116. The summed E-state index contributed by atoms with van der Waals surface area (Å²) in [4.78, 5) is 40.4. The second-order valence-corrected chi connectivity index (χ2v) is 5.79. The standard InChI is InChI=1S/C17H21N3O3/c1-5-16(22)15-7-11-6-12(10(2)21)14(8-13(11)18-15)19-17(23)9-20(3)4/h6-8,18H,5,9H2,1-4H3,(H,19,23). The maximum absolute atomic E-state index is 12.0. The van der Waals surface area contributed by atoms with Crippen LogP contribution < -0.4 is 5.32 Å². The highest BCUT2D eigenvalue weighted by atomic mass is 16.2. The van der Waals surface area contributed by atoms with E-state index in [9.17, 15) is 14.4 Å². The van der Waals surface area contributed by atoms with Gasteiger partial charge in [-0.05, 0) is 39.2 Å². The Morgan fingerprint density at radius 1 is 1.17 bits per heavy atom. The lowest BCUT2D eigenvalue weighted by Crippen LogP contribution is -2.27. The molecule has 2 rings (SSSR count). The highest BCUT2D eigenvalue weighted by Gasteiger charge is 2.15. The number of benzene rings is 1. The van der Waals surface area contributed by atoms with Gasteiger partial charge in [0.2, 0.25) is 5.91 Å². The number of nitrogens with one attached hydrogen (secondary N) is 2. The van der Waals surface area contributed by atoms with Crippen molar-refractivity contribution in [3.8, 4) is 0 Å². The van der Waals surface area contributed by atoms with Crippen molar-refractivity contribution in [3.63, 3.8) is 0 Å². The molecule has 23 heavy (non-hydrogen) atoms. The van der Waals surface area contributed by atoms with E-state index < -0.39 is 0 Å². The summed E-state index contributed by atoms with van der Waals surface area (Å²) in [6, 6.07) is 5.14. The fourth-order valence-corrected chi connectivity index (χ4v) is 2.39. The van der Waals surface area contributed by atoms with Gasteiger partial charge in [0.05, 0.1) is 17.9 Å². The maximum atomic E-state index is 12.0. The normalized spacial score (nSPS) is 11.0. The number of fused-ring (bicyclic) bond motifs is 1. The van der Waals surface area contributed by atoms with Gasteiger partial charge in [-0.2, -0.15) is 0 Å². The molecule has 0 unspecified atom stereocenters. The molecule has 6 heteroatoms. The van der Waals surface area contributed by atoms with Crippen LogP contribution in [0.25, 0.3) is 10.9 Å². The zero-order valence-electron chi connectivity index (χ0n) is 13.8. The highest BCUT2D eigenvalue weighted by Crippen LogP contribution is 2.26. The average molecular weight is 315 g/mol. The number of carbonyl (C=O) groups is 3. The first-order valence-corrected chi connectivity index (χ1v) is 7.47. The number of aromatic amines is 1. The van der Waals surface area contributed by atoms with E-state index in [1.807, 2.05) is 0 Å². The molecule has 122 valence electrons. The van der Waals surface area contributed by atoms with Gasteiger partial charge in [0.1, 0.15) is 0 Å². The van der Waals surface area contributed by atoms with Crippen LogP contribution in [0.1, 0.15) is 41.1 Å². The van der Waals surface area contributed by atoms with Gasteiger partial charge in [-0.25, -0.2) is 0 Å². The average Bonchev–Trinajstić information content (AvgIpc) is 2.87. The monoisotopic (exact) mass is 315 g/mol. The summed E-state index contributed by atoms with van der Waals surface area (Å²) in [7, 11) is 3.59. The molecule has 6 nitrogen and oxygen atoms in total. The summed E-state index contributed by atoms with van der Waals surface area (Å²) >= 11 is 0. The summed E-state index contributed by atoms with van der Waals surface area (Å²) in [5.41, 5.74) is 2.11. The number of anilines is 1. The van der Waals surface area contributed by atoms with Gasteiger partial charge in [-0.3, -0.25) is 14.4 Å². The summed E-state index contributed by atoms with van der Waals surface area (Å²) < 4.78 is 0. The smallest absolute Gasteiger partial charge is 0.238 e. The van der Waals surface area contributed by atoms with Crippen LogP contribution >= 0.6 is 0 Å². The third kappa shape index (κ3) is 3.84. The van der Waals surface area contributed by atoms with Crippen molar-refractivity contribution >= 4 is 34.1 Å². The SMILES string of the molecule is CCC(=O)c1cc2cc(C(C)=O)c(NC(=O)CN(C)C)cc2[nH]1. The van der Waals surface area contributed by atoms with Crippen molar-refractivity contribution in [2.45, 2.75) is 20.3 Å². The fourth-order valence-electron chi connectivity index (χ4n) is 2.39.